The highest BCUT2D eigenvalue weighted by atomic mass is 19.4. The molecule has 2 N–H and O–H groups in total. The summed E-state index contributed by atoms with van der Waals surface area (Å²) in [5, 5.41) is 10.1. The van der Waals surface area contributed by atoms with Gasteiger partial charge in [0.2, 0.25) is 0 Å². The van der Waals surface area contributed by atoms with Crippen molar-refractivity contribution in [1.82, 2.24) is 25.1 Å². The van der Waals surface area contributed by atoms with Crippen LogP contribution in [0, 0.1) is 13.8 Å². The van der Waals surface area contributed by atoms with E-state index in [1.54, 1.807) is 10.7 Å². The molecule has 3 rings (SSSR count). The monoisotopic (exact) mass is 420 g/mol. The van der Waals surface area contributed by atoms with Crippen molar-refractivity contribution in [2.75, 3.05) is 18.4 Å². The molecular weight excluding hydrogens is 401 g/mol. The third kappa shape index (κ3) is 5.69. The lowest BCUT2D eigenvalue weighted by Gasteiger charge is -2.10. The summed E-state index contributed by atoms with van der Waals surface area (Å²) < 4.78 is 42.0. The number of halogens is 3. The van der Waals surface area contributed by atoms with Gasteiger partial charge in [0.25, 0.3) is 5.91 Å². The van der Waals surface area contributed by atoms with Crippen LogP contribution in [0.5, 0.6) is 5.75 Å². The summed E-state index contributed by atoms with van der Waals surface area (Å²) >= 11 is 0. The molecule has 0 radical (unpaired) electrons. The van der Waals surface area contributed by atoms with Crippen LogP contribution in [0.15, 0.2) is 42.7 Å². The van der Waals surface area contributed by atoms with Crippen LogP contribution in [-0.2, 0) is 0 Å². The molecule has 0 unspecified atom stereocenters. The molecule has 3 aromatic rings. The van der Waals surface area contributed by atoms with Gasteiger partial charge in [-0.15, -0.1) is 13.2 Å². The molecule has 8 nitrogen and oxygen atoms in total. The van der Waals surface area contributed by atoms with Crippen LogP contribution in [0.2, 0.25) is 0 Å². The molecule has 1 amide bonds. The largest absolute Gasteiger partial charge is 0.573 e. The summed E-state index contributed by atoms with van der Waals surface area (Å²) in [6, 6.07) is 8.36. The van der Waals surface area contributed by atoms with E-state index in [0.29, 0.717) is 18.2 Å². The average Bonchev–Trinajstić information content (AvgIpc) is 3.03. The zero-order chi connectivity index (χ0) is 21.7. The molecule has 1 aromatic carbocycles. The van der Waals surface area contributed by atoms with Crippen molar-refractivity contribution in [3.8, 4) is 11.6 Å². The van der Waals surface area contributed by atoms with Crippen molar-refractivity contribution < 1.29 is 22.7 Å². The number of rotatable bonds is 7. The van der Waals surface area contributed by atoms with Gasteiger partial charge in [-0.3, -0.25) is 4.79 Å². The van der Waals surface area contributed by atoms with E-state index in [1.165, 1.54) is 18.5 Å². The summed E-state index contributed by atoms with van der Waals surface area (Å²) in [5.74, 6) is 0.378. The molecule has 0 aliphatic rings. The lowest BCUT2D eigenvalue weighted by Crippen LogP contribution is -2.29. The van der Waals surface area contributed by atoms with E-state index in [1.807, 2.05) is 19.9 Å². The second-order valence-electron chi connectivity index (χ2n) is 6.36. The molecule has 0 atom stereocenters. The Morgan fingerprint density at radius 1 is 1.10 bits per heavy atom. The fourth-order valence-electron chi connectivity index (χ4n) is 2.70. The van der Waals surface area contributed by atoms with Crippen LogP contribution < -0.4 is 15.4 Å². The Morgan fingerprint density at radius 3 is 2.47 bits per heavy atom. The SMILES string of the molecule is Cc1cc(C)n(-c2cc(NCCNC(=O)c3ccc(OC(F)(F)F)cc3)ncn2)n1. The minimum absolute atomic E-state index is 0.221. The van der Waals surface area contributed by atoms with Crippen LogP contribution in [0.1, 0.15) is 21.7 Å². The zero-order valence-corrected chi connectivity index (χ0v) is 16.2. The van der Waals surface area contributed by atoms with Crippen molar-refractivity contribution in [1.29, 1.82) is 0 Å². The molecule has 0 bridgehead atoms. The van der Waals surface area contributed by atoms with Gasteiger partial charge in [0.1, 0.15) is 17.9 Å². The van der Waals surface area contributed by atoms with Gasteiger partial charge in [-0.2, -0.15) is 5.10 Å². The van der Waals surface area contributed by atoms with Gasteiger partial charge in [0.15, 0.2) is 5.82 Å². The van der Waals surface area contributed by atoms with E-state index >= 15 is 0 Å². The van der Waals surface area contributed by atoms with E-state index in [4.69, 9.17) is 0 Å². The fourth-order valence-corrected chi connectivity index (χ4v) is 2.70. The number of benzene rings is 1. The number of amides is 1. The molecule has 2 aromatic heterocycles. The number of nitrogens with zero attached hydrogens (tertiary/aromatic N) is 4. The first kappa shape index (κ1) is 21.1. The molecule has 2 heterocycles. The first-order valence-corrected chi connectivity index (χ1v) is 8.95. The number of aromatic nitrogens is 4. The second kappa shape index (κ2) is 8.80. The van der Waals surface area contributed by atoms with Crippen LogP contribution in [0.3, 0.4) is 0 Å². The molecule has 0 spiro atoms. The van der Waals surface area contributed by atoms with E-state index < -0.39 is 12.3 Å². The number of nitrogens with one attached hydrogen (secondary N) is 2. The number of anilines is 1. The van der Waals surface area contributed by atoms with E-state index in [2.05, 4.69) is 30.4 Å². The van der Waals surface area contributed by atoms with Crippen LogP contribution in [0.4, 0.5) is 19.0 Å². The highest BCUT2D eigenvalue weighted by Gasteiger charge is 2.31. The lowest BCUT2D eigenvalue weighted by molar-refractivity contribution is -0.274. The van der Waals surface area contributed by atoms with Gasteiger partial charge in [0.05, 0.1) is 5.69 Å². The summed E-state index contributed by atoms with van der Waals surface area (Å²) in [5.41, 5.74) is 2.04. The Balaban J connectivity index is 1.50. The molecule has 0 saturated heterocycles. The summed E-state index contributed by atoms with van der Waals surface area (Å²) in [6.45, 7) is 4.48. The Hall–Kier alpha value is -3.63. The van der Waals surface area contributed by atoms with Gasteiger partial charge < -0.3 is 15.4 Å². The Kier molecular flexibility index (Phi) is 6.19. The van der Waals surface area contributed by atoms with E-state index in [-0.39, 0.29) is 17.9 Å². The van der Waals surface area contributed by atoms with Crippen molar-refractivity contribution in [3.05, 3.63) is 59.7 Å². The number of hydrogen-bond acceptors (Lipinski definition) is 6. The van der Waals surface area contributed by atoms with Crippen molar-refractivity contribution in [2.45, 2.75) is 20.2 Å². The predicted molar refractivity (Wildman–Crippen MR) is 103 cm³/mol. The van der Waals surface area contributed by atoms with Gasteiger partial charge in [-0.05, 0) is 44.2 Å². The molecule has 0 aliphatic heterocycles. The Bertz CT molecular complexity index is 1020. The topological polar surface area (TPSA) is 94.0 Å². The number of carbonyl (C=O) groups excluding carboxylic acids is 1. The van der Waals surface area contributed by atoms with Gasteiger partial charge >= 0.3 is 6.36 Å². The highest BCUT2D eigenvalue weighted by molar-refractivity contribution is 5.94. The molecule has 0 saturated carbocycles. The van der Waals surface area contributed by atoms with Crippen LogP contribution >= 0.6 is 0 Å². The van der Waals surface area contributed by atoms with E-state index in [9.17, 15) is 18.0 Å². The summed E-state index contributed by atoms with van der Waals surface area (Å²) in [7, 11) is 0. The summed E-state index contributed by atoms with van der Waals surface area (Å²) in [6.07, 6.45) is -3.36. The normalized spacial score (nSPS) is 11.2. The first-order chi connectivity index (χ1) is 14.2. The molecule has 158 valence electrons. The fraction of sp³-hybridized carbons (Fsp3) is 0.263. The van der Waals surface area contributed by atoms with Gasteiger partial charge in [-0.1, -0.05) is 0 Å². The third-order valence-corrected chi connectivity index (χ3v) is 3.95. The highest BCUT2D eigenvalue weighted by Crippen LogP contribution is 2.22. The smallest absolute Gasteiger partial charge is 0.406 e. The molecule has 0 fully saturated rings. The second-order valence-corrected chi connectivity index (χ2v) is 6.36. The lowest BCUT2D eigenvalue weighted by atomic mass is 10.2. The van der Waals surface area contributed by atoms with Crippen LogP contribution in [0.25, 0.3) is 5.82 Å². The minimum Gasteiger partial charge on any atom is -0.406 e. The van der Waals surface area contributed by atoms with Crippen molar-refractivity contribution >= 4 is 11.7 Å². The Labute approximate surface area is 170 Å². The van der Waals surface area contributed by atoms with Crippen molar-refractivity contribution in [2.24, 2.45) is 0 Å². The van der Waals surface area contributed by atoms with Crippen molar-refractivity contribution in [3.63, 3.8) is 0 Å². The van der Waals surface area contributed by atoms with E-state index in [0.717, 1.165) is 23.5 Å². The number of ether oxygens (including phenoxy) is 1. The maximum absolute atomic E-state index is 12.2. The predicted octanol–water partition coefficient (Wildman–Crippen LogP) is 3.02. The van der Waals surface area contributed by atoms with Crippen LogP contribution in [-0.4, -0.2) is 45.1 Å². The number of alkyl halides is 3. The molecule has 11 heteroatoms. The Morgan fingerprint density at radius 2 is 1.83 bits per heavy atom. The zero-order valence-electron chi connectivity index (χ0n) is 16.2. The van der Waals surface area contributed by atoms with Gasteiger partial charge in [-0.25, -0.2) is 14.6 Å². The molecular formula is C19H19F3N6O2. The quantitative estimate of drug-likeness (QED) is 0.571. The molecule has 0 aliphatic carbocycles. The maximum atomic E-state index is 12.2. The molecule has 30 heavy (non-hydrogen) atoms. The van der Waals surface area contributed by atoms with Gasteiger partial charge in [0, 0.05) is 30.4 Å². The number of carbonyl (C=O) groups is 1. The first-order valence-electron chi connectivity index (χ1n) is 8.95. The summed E-state index contributed by atoms with van der Waals surface area (Å²) in [4.78, 5) is 20.4. The average molecular weight is 420 g/mol. The maximum Gasteiger partial charge on any atom is 0.573 e. The number of aryl methyl sites for hydroxylation is 2. The standard InChI is InChI=1S/C19H19F3N6O2/c1-12-9-13(2)28(27-12)17-10-16(25-11-26-17)23-7-8-24-18(29)14-3-5-15(6-4-14)30-19(20,21)22/h3-6,9-11H,7-8H2,1-2H3,(H,24,29)(H,23,25,26). The number of hydrogen-bond donors (Lipinski definition) is 2. The minimum atomic E-state index is -4.77. The third-order valence-electron chi connectivity index (χ3n) is 3.95.